The maximum atomic E-state index is 11.6. The molecule has 1 heteroatoms. The van der Waals surface area contributed by atoms with Crippen LogP contribution in [-0.4, -0.2) is 5.78 Å². The third-order valence-corrected chi connectivity index (χ3v) is 1.74. The van der Waals surface area contributed by atoms with E-state index < -0.39 is 0 Å². The number of hydrogen-bond acceptors (Lipinski definition) is 1. The molecular formula is C13H16O. The fraction of sp³-hybridized carbons (Fsp3) is 0.154. The van der Waals surface area contributed by atoms with E-state index in [-0.39, 0.29) is 5.78 Å². The van der Waals surface area contributed by atoms with Gasteiger partial charge in [0.25, 0.3) is 0 Å². The highest BCUT2D eigenvalue weighted by atomic mass is 16.1. The fourth-order valence-corrected chi connectivity index (χ4v) is 0.923. The summed E-state index contributed by atoms with van der Waals surface area (Å²) in [7, 11) is 0. The van der Waals surface area contributed by atoms with Crippen LogP contribution in [0.1, 0.15) is 13.8 Å². The van der Waals surface area contributed by atoms with Crippen molar-refractivity contribution in [2.24, 2.45) is 0 Å². The molecule has 0 heterocycles. The second-order valence-corrected chi connectivity index (χ2v) is 2.75. The first-order valence-electron chi connectivity index (χ1n) is 4.46. The average Bonchev–Trinajstić information content (AvgIpc) is 2.19. The van der Waals surface area contributed by atoms with E-state index in [2.05, 4.69) is 13.2 Å². The van der Waals surface area contributed by atoms with E-state index in [4.69, 9.17) is 0 Å². The number of carbonyl (C=O) groups excluding carboxylic acids is 1. The lowest BCUT2D eigenvalue weighted by Crippen LogP contribution is -2.01. The maximum absolute atomic E-state index is 11.6. The lowest BCUT2D eigenvalue weighted by atomic mass is 10.0. The highest BCUT2D eigenvalue weighted by molar-refractivity contribution is 6.09. The molecule has 0 aliphatic heterocycles. The van der Waals surface area contributed by atoms with Crippen molar-refractivity contribution in [1.29, 1.82) is 0 Å². The first-order chi connectivity index (χ1) is 6.67. The van der Waals surface area contributed by atoms with Gasteiger partial charge in [0, 0.05) is 5.57 Å². The molecule has 0 aromatic carbocycles. The van der Waals surface area contributed by atoms with Gasteiger partial charge >= 0.3 is 0 Å². The van der Waals surface area contributed by atoms with Crippen LogP contribution in [0.5, 0.6) is 0 Å². The molecule has 0 aliphatic rings. The van der Waals surface area contributed by atoms with Crippen molar-refractivity contribution in [1.82, 2.24) is 0 Å². The molecule has 0 N–H and O–H groups in total. The van der Waals surface area contributed by atoms with E-state index >= 15 is 0 Å². The van der Waals surface area contributed by atoms with Crippen molar-refractivity contribution >= 4 is 5.78 Å². The summed E-state index contributed by atoms with van der Waals surface area (Å²) in [5.41, 5.74) is 1.32. The third kappa shape index (κ3) is 3.85. The molecule has 0 spiro atoms. The van der Waals surface area contributed by atoms with Gasteiger partial charge in [-0.2, -0.15) is 0 Å². The van der Waals surface area contributed by atoms with Crippen molar-refractivity contribution < 1.29 is 4.79 Å². The molecule has 0 saturated carbocycles. The lowest BCUT2D eigenvalue weighted by molar-refractivity contribution is -0.111. The van der Waals surface area contributed by atoms with Crippen LogP contribution in [0.3, 0.4) is 0 Å². The summed E-state index contributed by atoms with van der Waals surface area (Å²) in [5, 5.41) is 0. The first kappa shape index (κ1) is 12.4. The van der Waals surface area contributed by atoms with E-state index in [0.29, 0.717) is 11.1 Å². The predicted molar refractivity (Wildman–Crippen MR) is 62.1 cm³/mol. The number of ketones is 1. The molecule has 0 atom stereocenters. The fourth-order valence-electron chi connectivity index (χ4n) is 0.923. The minimum absolute atomic E-state index is 0.0104. The summed E-state index contributed by atoms with van der Waals surface area (Å²) in [6, 6.07) is 0. The highest BCUT2D eigenvalue weighted by Gasteiger charge is 2.05. The van der Waals surface area contributed by atoms with Crippen LogP contribution in [0.25, 0.3) is 0 Å². The van der Waals surface area contributed by atoms with Gasteiger partial charge in [-0.25, -0.2) is 0 Å². The SMILES string of the molecule is C=C/C=C\C=C(/C)C(=O)/C(C=C)=C/C. The van der Waals surface area contributed by atoms with Gasteiger partial charge in [-0.3, -0.25) is 4.79 Å². The van der Waals surface area contributed by atoms with Gasteiger partial charge in [0.2, 0.25) is 0 Å². The van der Waals surface area contributed by atoms with Crippen LogP contribution in [-0.2, 0) is 4.79 Å². The Balaban J connectivity index is 4.69. The molecule has 0 unspecified atom stereocenters. The number of carbonyl (C=O) groups is 1. The Kier molecular flexibility index (Phi) is 6.04. The molecule has 0 amide bonds. The van der Waals surface area contributed by atoms with Gasteiger partial charge in [-0.05, 0) is 19.4 Å². The maximum Gasteiger partial charge on any atom is 0.188 e. The standard InChI is InChI=1S/C13H16O/c1-5-8-9-10-11(4)13(14)12(6-2)7-3/h5-10H,1-2H2,3-4H3/b9-8-,11-10+,12-7+. The minimum Gasteiger partial charge on any atom is -0.289 e. The molecule has 0 aromatic rings. The van der Waals surface area contributed by atoms with Gasteiger partial charge in [-0.15, -0.1) is 0 Å². The Morgan fingerprint density at radius 2 is 1.86 bits per heavy atom. The Morgan fingerprint density at radius 1 is 1.21 bits per heavy atom. The topological polar surface area (TPSA) is 17.1 Å². The van der Waals surface area contributed by atoms with Gasteiger partial charge in [0.05, 0.1) is 0 Å². The average molecular weight is 188 g/mol. The summed E-state index contributed by atoms with van der Waals surface area (Å²) in [4.78, 5) is 11.6. The normalized spacial score (nSPS) is 13.0. The molecular weight excluding hydrogens is 172 g/mol. The lowest BCUT2D eigenvalue weighted by Gasteiger charge is -1.99. The largest absolute Gasteiger partial charge is 0.289 e. The van der Waals surface area contributed by atoms with Crippen LogP contribution in [0.4, 0.5) is 0 Å². The highest BCUT2D eigenvalue weighted by Crippen LogP contribution is 2.06. The van der Waals surface area contributed by atoms with Crippen LogP contribution in [0.2, 0.25) is 0 Å². The van der Waals surface area contributed by atoms with Crippen molar-refractivity contribution in [3.63, 3.8) is 0 Å². The second kappa shape index (κ2) is 6.84. The van der Waals surface area contributed by atoms with E-state index in [1.165, 1.54) is 0 Å². The predicted octanol–water partition coefficient (Wildman–Crippen LogP) is 3.38. The smallest absolute Gasteiger partial charge is 0.188 e. The summed E-state index contributed by atoms with van der Waals surface area (Å²) in [6.45, 7) is 10.7. The number of hydrogen-bond donors (Lipinski definition) is 0. The van der Waals surface area contributed by atoms with E-state index in [0.717, 1.165) is 0 Å². The summed E-state index contributed by atoms with van der Waals surface area (Å²) in [6.07, 6.45) is 10.3. The van der Waals surface area contributed by atoms with Crippen molar-refractivity contribution in [2.75, 3.05) is 0 Å². The zero-order valence-electron chi connectivity index (χ0n) is 8.79. The molecule has 0 radical (unpaired) electrons. The quantitative estimate of drug-likeness (QED) is 0.477. The van der Waals surface area contributed by atoms with Gasteiger partial charge in [0.1, 0.15) is 0 Å². The zero-order chi connectivity index (χ0) is 11.0. The number of Topliss-reactive ketones (excluding diaryl/α,β-unsaturated/α-hetero) is 1. The molecule has 0 saturated heterocycles. The molecule has 74 valence electrons. The summed E-state index contributed by atoms with van der Waals surface area (Å²) in [5.74, 6) is 0.0104. The van der Waals surface area contributed by atoms with Crippen molar-refractivity contribution in [3.8, 4) is 0 Å². The second-order valence-electron chi connectivity index (χ2n) is 2.75. The first-order valence-corrected chi connectivity index (χ1v) is 4.46. The summed E-state index contributed by atoms with van der Waals surface area (Å²) < 4.78 is 0. The Bertz CT molecular complexity index is 314. The minimum atomic E-state index is 0.0104. The molecule has 1 nitrogen and oxygen atoms in total. The molecule has 14 heavy (non-hydrogen) atoms. The van der Waals surface area contributed by atoms with E-state index in [1.807, 2.05) is 6.92 Å². The van der Waals surface area contributed by atoms with E-state index in [1.54, 1.807) is 43.4 Å². The molecule has 0 bridgehead atoms. The van der Waals surface area contributed by atoms with E-state index in [9.17, 15) is 4.79 Å². The van der Waals surface area contributed by atoms with Crippen LogP contribution >= 0.6 is 0 Å². The Labute approximate surface area is 85.8 Å². The van der Waals surface area contributed by atoms with Crippen LogP contribution in [0.15, 0.2) is 60.8 Å². The molecule has 0 aliphatic carbocycles. The summed E-state index contributed by atoms with van der Waals surface area (Å²) >= 11 is 0. The molecule has 0 rings (SSSR count). The van der Waals surface area contributed by atoms with Gasteiger partial charge in [0.15, 0.2) is 5.78 Å². The van der Waals surface area contributed by atoms with Gasteiger partial charge in [-0.1, -0.05) is 49.6 Å². The van der Waals surface area contributed by atoms with Crippen LogP contribution in [0, 0.1) is 0 Å². The molecule has 0 fully saturated rings. The number of allylic oxidation sites excluding steroid dienone is 8. The van der Waals surface area contributed by atoms with Crippen LogP contribution < -0.4 is 0 Å². The third-order valence-electron chi connectivity index (χ3n) is 1.74. The van der Waals surface area contributed by atoms with Crippen molar-refractivity contribution in [3.05, 3.63) is 60.8 Å². The molecule has 0 aromatic heterocycles. The monoisotopic (exact) mass is 188 g/mol. The van der Waals surface area contributed by atoms with Crippen molar-refractivity contribution in [2.45, 2.75) is 13.8 Å². The number of rotatable bonds is 5. The van der Waals surface area contributed by atoms with Gasteiger partial charge < -0.3 is 0 Å². The zero-order valence-corrected chi connectivity index (χ0v) is 8.79. The Hall–Kier alpha value is -1.63. The Morgan fingerprint density at radius 3 is 2.29 bits per heavy atom.